The van der Waals surface area contributed by atoms with Gasteiger partial charge in [-0.3, -0.25) is 9.80 Å². The quantitative estimate of drug-likeness (QED) is 0.879. The molecule has 5 heteroatoms. The molecule has 1 aromatic rings. The first-order valence-electron chi connectivity index (χ1n) is 9.18. The SMILES string of the molecule is CC1CN(CC(O)CN2CCN(c3ccccc3)CC2)CC(C)O1. The number of benzene rings is 1. The average molecular weight is 333 g/mol. The first kappa shape index (κ1) is 17.7. The van der Waals surface area contributed by atoms with Crippen LogP contribution >= 0.6 is 0 Å². The van der Waals surface area contributed by atoms with Crippen molar-refractivity contribution in [1.82, 2.24) is 9.80 Å². The predicted octanol–water partition coefficient (Wildman–Crippen LogP) is 1.28. The minimum absolute atomic E-state index is 0.260. The molecule has 2 aliphatic rings. The van der Waals surface area contributed by atoms with Crippen LogP contribution in [0.25, 0.3) is 0 Å². The molecule has 0 aromatic heterocycles. The molecule has 0 spiro atoms. The second-order valence-corrected chi connectivity index (χ2v) is 7.25. The van der Waals surface area contributed by atoms with Crippen molar-refractivity contribution < 1.29 is 9.84 Å². The number of nitrogens with zero attached hydrogens (tertiary/aromatic N) is 3. The van der Waals surface area contributed by atoms with Gasteiger partial charge in [0.2, 0.25) is 0 Å². The highest BCUT2D eigenvalue weighted by Gasteiger charge is 2.25. The van der Waals surface area contributed by atoms with Crippen LogP contribution in [0.2, 0.25) is 0 Å². The molecule has 24 heavy (non-hydrogen) atoms. The van der Waals surface area contributed by atoms with E-state index in [2.05, 4.69) is 58.9 Å². The lowest BCUT2D eigenvalue weighted by atomic mass is 10.2. The summed E-state index contributed by atoms with van der Waals surface area (Å²) in [5.74, 6) is 0. The van der Waals surface area contributed by atoms with Crippen LogP contribution in [0.4, 0.5) is 5.69 Å². The van der Waals surface area contributed by atoms with Crippen molar-refractivity contribution in [2.24, 2.45) is 0 Å². The number of aliphatic hydroxyl groups is 1. The van der Waals surface area contributed by atoms with Crippen molar-refractivity contribution in [3.05, 3.63) is 30.3 Å². The molecule has 134 valence electrons. The molecular weight excluding hydrogens is 302 g/mol. The molecule has 0 amide bonds. The second kappa shape index (κ2) is 8.30. The van der Waals surface area contributed by atoms with E-state index in [4.69, 9.17) is 4.74 Å². The third-order valence-corrected chi connectivity index (χ3v) is 4.93. The summed E-state index contributed by atoms with van der Waals surface area (Å²) in [7, 11) is 0. The standard InChI is InChI=1S/C19H31N3O2/c1-16-12-21(13-17(2)24-16)15-19(23)14-20-8-10-22(11-9-20)18-6-4-3-5-7-18/h3-7,16-17,19,23H,8-15H2,1-2H3. The maximum Gasteiger partial charge on any atom is 0.0793 e. The van der Waals surface area contributed by atoms with Gasteiger partial charge < -0.3 is 14.7 Å². The van der Waals surface area contributed by atoms with Gasteiger partial charge in [-0.2, -0.15) is 0 Å². The Kier molecular flexibility index (Phi) is 6.11. The van der Waals surface area contributed by atoms with Gasteiger partial charge in [0.05, 0.1) is 18.3 Å². The third kappa shape index (κ3) is 4.93. The van der Waals surface area contributed by atoms with Gasteiger partial charge in [-0.05, 0) is 26.0 Å². The monoisotopic (exact) mass is 333 g/mol. The maximum atomic E-state index is 10.5. The molecule has 0 bridgehead atoms. The molecule has 2 saturated heterocycles. The lowest BCUT2D eigenvalue weighted by Crippen LogP contribution is -2.52. The Bertz CT molecular complexity index is 481. The summed E-state index contributed by atoms with van der Waals surface area (Å²) < 4.78 is 5.76. The molecule has 3 atom stereocenters. The highest BCUT2D eigenvalue weighted by molar-refractivity contribution is 5.46. The summed E-state index contributed by atoms with van der Waals surface area (Å²) in [4.78, 5) is 7.15. The van der Waals surface area contributed by atoms with E-state index in [1.165, 1.54) is 5.69 Å². The van der Waals surface area contributed by atoms with E-state index in [1.807, 2.05) is 0 Å². The number of ether oxygens (including phenoxy) is 1. The number of rotatable bonds is 5. The van der Waals surface area contributed by atoms with Crippen molar-refractivity contribution in [1.29, 1.82) is 0 Å². The highest BCUT2D eigenvalue weighted by Crippen LogP contribution is 2.16. The van der Waals surface area contributed by atoms with Crippen LogP contribution in [0.1, 0.15) is 13.8 Å². The molecule has 1 aromatic carbocycles. The van der Waals surface area contributed by atoms with E-state index in [1.54, 1.807) is 0 Å². The summed E-state index contributed by atoms with van der Waals surface area (Å²) in [6, 6.07) is 10.6. The number of piperazine rings is 1. The molecule has 1 N–H and O–H groups in total. The minimum Gasteiger partial charge on any atom is -0.390 e. The summed E-state index contributed by atoms with van der Waals surface area (Å²) in [5.41, 5.74) is 1.30. The molecule has 0 radical (unpaired) electrons. The fraction of sp³-hybridized carbons (Fsp3) is 0.684. The van der Waals surface area contributed by atoms with Gasteiger partial charge in [-0.15, -0.1) is 0 Å². The van der Waals surface area contributed by atoms with Crippen LogP contribution in [0, 0.1) is 0 Å². The van der Waals surface area contributed by atoms with Crippen molar-refractivity contribution in [2.75, 3.05) is 57.3 Å². The van der Waals surface area contributed by atoms with E-state index in [9.17, 15) is 5.11 Å². The van der Waals surface area contributed by atoms with Crippen LogP contribution in [0.15, 0.2) is 30.3 Å². The number of β-amino-alcohol motifs (C(OH)–C–C–N with tert-alkyl or cyclic N) is 1. The fourth-order valence-electron chi connectivity index (χ4n) is 3.91. The topological polar surface area (TPSA) is 39.2 Å². The lowest BCUT2D eigenvalue weighted by Gasteiger charge is -2.39. The minimum atomic E-state index is -0.286. The van der Waals surface area contributed by atoms with Crippen LogP contribution in [0.5, 0.6) is 0 Å². The van der Waals surface area contributed by atoms with Gasteiger partial charge >= 0.3 is 0 Å². The number of aliphatic hydroxyl groups excluding tert-OH is 1. The summed E-state index contributed by atoms with van der Waals surface area (Å²) >= 11 is 0. The van der Waals surface area contributed by atoms with Crippen LogP contribution in [-0.4, -0.2) is 85.6 Å². The predicted molar refractivity (Wildman–Crippen MR) is 97.6 cm³/mol. The Morgan fingerprint density at radius 2 is 1.54 bits per heavy atom. The maximum absolute atomic E-state index is 10.5. The fourth-order valence-corrected chi connectivity index (χ4v) is 3.91. The van der Waals surface area contributed by atoms with Crippen LogP contribution in [0.3, 0.4) is 0 Å². The molecule has 3 rings (SSSR count). The number of anilines is 1. The summed E-state index contributed by atoms with van der Waals surface area (Å²) in [5, 5.41) is 10.5. The van der Waals surface area contributed by atoms with Gasteiger partial charge in [0.1, 0.15) is 0 Å². The third-order valence-electron chi connectivity index (χ3n) is 4.93. The molecule has 0 aliphatic carbocycles. The van der Waals surface area contributed by atoms with Crippen molar-refractivity contribution in [2.45, 2.75) is 32.2 Å². The smallest absolute Gasteiger partial charge is 0.0793 e. The van der Waals surface area contributed by atoms with Gasteiger partial charge in [0.25, 0.3) is 0 Å². The Morgan fingerprint density at radius 3 is 2.17 bits per heavy atom. The van der Waals surface area contributed by atoms with E-state index < -0.39 is 0 Å². The second-order valence-electron chi connectivity index (χ2n) is 7.25. The normalized spacial score (nSPS) is 28.0. The van der Waals surface area contributed by atoms with E-state index in [-0.39, 0.29) is 18.3 Å². The first-order chi connectivity index (χ1) is 11.6. The Balaban J connectivity index is 1.41. The molecule has 2 fully saturated rings. The Hall–Kier alpha value is -1.14. The van der Waals surface area contributed by atoms with Crippen LogP contribution < -0.4 is 4.90 Å². The van der Waals surface area contributed by atoms with Gasteiger partial charge in [0.15, 0.2) is 0 Å². The van der Waals surface area contributed by atoms with Gasteiger partial charge in [0, 0.05) is 58.0 Å². The van der Waals surface area contributed by atoms with E-state index in [0.717, 1.165) is 52.4 Å². The van der Waals surface area contributed by atoms with Crippen molar-refractivity contribution in [3.63, 3.8) is 0 Å². The number of para-hydroxylation sites is 1. The Morgan fingerprint density at radius 1 is 0.958 bits per heavy atom. The van der Waals surface area contributed by atoms with Crippen molar-refractivity contribution in [3.8, 4) is 0 Å². The number of morpholine rings is 1. The highest BCUT2D eigenvalue weighted by atomic mass is 16.5. The number of hydrogen-bond acceptors (Lipinski definition) is 5. The molecule has 0 saturated carbocycles. The van der Waals surface area contributed by atoms with E-state index in [0.29, 0.717) is 0 Å². The zero-order valence-corrected chi connectivity index (χ0v) is 15.0. The average Bonchev–Trinajstić information content (AvgIpc) is 2.55. The first-order valence-corrected chi connectivity index (χ1v) is 9.18. The Labute approximate surface area is 145 Å². The summed E-state index contributed by atoms with van der Waals surface area (Å²) in [6.45, 7) is 11.7. The molecule has 5 nitrogen and oxygen atoms in total. The molecular formula is C19H31N3O2. The zero-order chi connectivity index (χ0) is 16.9. The molecule has 3 unspecified atom stereocenters. The van der Waals surface area contributed by atoms with Crippen molar-refractivity contribution >= 4 is 5.69 Å². The summed E-state index contributed by atoms with van der Waals surface area (Å²) in [6.07, 6.45) is 0.233. The van der Waals surface area contributed by atoms with Gasteiger partial charge in [-0.1, -0.05) is 18.2 Å². The lowest BCUT2D eigenvalue weighted by molar-refractivity contribution is -0.0780. The molecule has 2 aliphatic heterocycles. The number of hydrogen-bond donors (Lipinski definition) is 1. The molecule has 2 heterocycles. The largest absolute Gasteiger partial charge is 0.390 e. The van der Waals surface area contributed by atoms with Gasteiger partial charge in [-0.25, -0.2) is 0 Å². The van der Waals surface area contributed by atoms with E-state index >= 15 is 0 Å². The van der Waals surface area contributed by atoms with Crippen LogP contribution in [-0.2, 0) is 4.74 Å². The zero-order valence-electron chi connectivity index (χ0n) is 15.0.